The largest absolute Gasteiger partial charge is 0.379 e. The zero-order chi connectivity index (χ0) is 11.9. The van der Waals surface area contributed by atoms with E-state index in [2.05, 4.69) is 34.6 Å². The summed E-state index contributed by atoms with van der Waals surface area (Å²) in [5.74, 6) is 0. The third-order valence-corrected chi connectivity index (χ3v) is 2.43. The lowest BCUT2D eigenvalue weighted by Gasteiger charge is -2.19. The highest BCUT2D eigenvalue weighted by molar-refractivity contribution is 5.86. The molecule has 2 nitrogen and oxygen atoms in total. The van der Waals surface area contributed by atoms with Crippen molar-refractivity contribution in [2.75, 3.05) is 6.61 Å². The van der Waals surface area contributed by atoms with Crippen LogP contribution in [0.3, 0.4) is 0 Å². The third-order valence-electron chi connectivity index (χ3n) is 2.43. The summed E-state index contributed by atoms with van der Waals surface area (Å²) >= 11 is 0. The molecule has 0 bridgehead atoms. The number of hydrogen-bond donors (Lipinski definition) is 1. The molecule has 0 aliphatic carbocycles. The van der Waals surface area contributed by atoms with Gasteiger partial charge in [0.15, 0.2) is 0 Å². The van der Waals surface area contributed by atoms with E-state index in [0.717, 1.165) is 31.6 Å². The highest BCUT2D eigenvalue weighted by atomic mass is 16.5. The maximum absolute atomic E-state index is 7.86. The van der Waals surface area contributed by atoms with Gasteiger partial charge in [-0.1, -0.05) is 27.2 Å². The van der Waals surface area contributed by atoms with E-state index >= 15 is 0 Å². The maximum atomic E-state index is 7.86. The van der Waals surface area contributed by atoms with Crippen LogP contribution in [0.15, 0.2) is 0 Å². The van der Waals surface area contributed by atoms with Gasteiger partial charge in [-0.2, -0.15) is 0 Å². The lowest BCUT2D eigenvalue weighted by Crippen LogP contribution is -2.18. The molecule has 0 amide bonds. The van der Waals surface area contributed by atoms with Crippen molar-refractivity contribution in [3.05, 3.63) is 0 Å². The molecule has 0 aliphatic heterocycles. The summed E-state index contributed by atoms with van der Waals surface area (Å²) in [6.45, 7) is 11.3. The zero-order valence-electron chi connectivity index (χ0n) is 11.0. The first kappa shape index (κ1) is 14.6. The van der Waals surface area contributed by atoms with Crippen molar-refractivity contribution in [3.8, 4) is 0 Å². The lowest BCUT2D eigenvalue weighted by atomic mass is 9.87. The van der Waals surface area contributed by atoms with E-state index in [-0.39, 0.29) is 5.41 Å². The van der Waals surface area contributed by atoms with Crippen molar-refractivity contribution in [3.63, 3.8) is 0 Å². The van der Waals surface area contributed by atoms with E-state index in [4.69, 9.17) is 10.1 Å². The van der Waals surface area contributed by atoms with Gasteiger partial charge in [-0.25, -0.2) is 0 Å². The van der Waals surface area contributed by atoms with E-state index in [1.54, 1.807) is 0 Å². The van der Waals surface area contributed by atoms with Crippen LogP contribution < -0.4 is 0 Å². The Morgan fingerprint density at radius 2 is 1.73 bits per heavy atom. The van der Waals surface area contributed by atoms with Gasteiger partial charge in [0, 0.05) is 12.3 Å². The molecule has 15 heavy (non-hydrogen) atoms. The van der Waals surface area contributed by atoms with Crippen molar-refractivity contribution in [2.45, 2.75) is 66.4 Å². The second kappa shape index (κ2) is 7.00. The molecule has 0 aromatic heterocycles. The first-order valence-corrected chi connectivity index (χ1v) is 6.03. The molecule has 0 aliphatic rings. The summed E-state index contributed by atoms with van der Waals surface area (Å²) in [4.78, 5) is 0. The Hall–Kier alpha value is -0.370. The Morgan fingerprint density at radius 1 is 1.13 bits per heavy atom. The molecule has 90 valence electrons. The molecule has 0 unspecified atom stereocenters. The second-order valence-corrected chi connectivity index (χ2v) is 5.46. The summed E-state index contributed by atoms with van der Waals surface area (Å²) < 4.78 is 5.46. The average molecular weight is 213 g/mol. The van der Waals surface area contributed by atoms with Gasteiger partial charge in [-0.05, 0) is 38.5 Å². The van der Waals surface area contributed by atoms with Gasteiger partial charge >= 0.3 is 0 Å². The summed E-state index contributed by atoms with van der Waals surface area (Å²) in [7, 11) is 0. The molecule has 0 radical (unpaired) electrons. The Morgan fingerprint density at radius 3 is 2.20 bits per heavy atom. The van der Waals surface area contributed by atoms with Gasteiger partial charge in [-0.3, -0.25) is 0 Å². The third kappa shape index (κ3) is 8.61. The minimum absolute atomic E-state index is 0.0500. The van der Waals surface area contributed by atoms with Crippen LogP contribution in [0.5, 0.6) is 0 Å². The fraction of sp³-hybridized carbons (Fsp3) is 0.923. The summed E-state index contributed by atoms with van der Waals surface area (Å²) in [5.41, 5.74) is 0.918. The van der Waals surface area contributed by atoms with E-state index in [1.807, 2.05) is 0 Å². The monoisotopic (exact) mass is 213 g/mol. The molecule has 0 fully saturated rings. The maximum Gasteiger partial charge on any atom is 0.0518 e. The van der Waals surface area contributed by atoms with Crippen LogP contribution >= 0.6 is 0 Å². The standard InChI is InChI=1S/C13H27NO/c1-11(2)15-10-8-6-7-9-12(14)13(3,4)5/h11,14H,6-10H2,1-5H3. The number of unbranched alkanes of at least 4 members (excludes halogenated alkanes) is 2. The topological polar surface area (TPSA) is 33.1 Å². The van der Waals surface area contributed by atoms with Crippen molar-refractivity contribution in [1.82, 2.24) is 0 Å². The highest BCUT2D eigenvalue weighted by Crippen LogP contribution is 2.18. The Kier molecular flexibility index (Phi) is 6.82. The first-order chi connectivity index (χ1) is 6.84. The molecule has 0 saturated heterocycles. The van der Waals surface area contributed by atoms with Crippen LogP contribution in [0.1, 0.15) is 60.3 Å². The number of nitrogens with one attached hydrogen (secondary N) is 1. The van der Waals surface area contributed by atoms with Gasteiger partial charge in [-0.15, -0.1) is 0 Å². The fourth-order valence-corrected chi connectivity index (χ4v) is 1.27. The van der Waals surface area contributed by atoms with Gasteiger partial charge < -0.3 is 10.1 Å². The Balaban J connectivity index is 3.36. The average Bonchev–Trinajstić information content (AvgIpc) is 2.08. The number of hydrogen-bond acceptors (Lipinski definition) is 2. The fourth-order valence-electron chi connectivity index (χ4n) is 1.27. The summed E-state index contributed by atoms with van der Waals surface area (Å²) in [5, 5.41) is 7.86. The molecule has 0 aromatic rings. The predicted molar refractivity (Wildman–Crippen MR) is 66.7 cm³/mol. The second-order valence-electron chi connectivity index (χ2n) is 5.46. The van der Waals surface area contributed by atoms with Gasteiger partial charge in [0.1, 0.15) is 0 Å². The Labute approximate surface area is 94.9 Å². The molecule has 0 heterocycles. The van der Waals surface area contributed by atoms with Gasteiger partial charge in [0.05, 0.1) is 6.10 Å². The van der Waals surface area contributed by atoms with Crippen molar-refractivity contribution < 1.29 is 4.74 Å². The van der Waals surface area contributed by atoms with E-state index in [1.165, 1.54) is 6.42 Å². The molecule has 0 atom stereocenters. The van der Waals surface area contributed by atoms with Crippen LogP contribution in [0.25, 0.3) is 0 Å². The van der Waals surface area contributed by atoms with E-state index in [9.17, 15) is 0 Å². The number of rotatable bonds is 7. The van der Waals surface area contributed by atoms with Gasteiger partial charge in [0.2, 0.25) is 0 Å². The Bertz CT molecular complexity index is 179. The van der Waals surface area contributed by atoms with Crippen LogP contribution in [-0.4, -0.2) is 18.4 Å². The molecule has 0 saturated carbocycles. The van der Waals surface area contributed by atoms with Crippen molar-refractivity contribution in [2.24, 2.45) is 5.41 Å². The predicted octanol–water partition coefficient (Wildman–Crippen LogP) is 4.04. The normalized spacial score (nSPS) is 12.1. The molecular formula is C13H27NO. The molecule has 2 heteroatoms. The van der Waals surface area contributed by atoms with Crippen LogP contribution in [-0.2, 0) is 4.74 Å². The minimum atomic E-state index is 0.0500. The quantitative estimate of drug-likeness (QED) is 0.502. The SMILES string of the molecule is CC(C)OCCCCCC(=N)C(C)(C)C. The van der Waals surface area contributed by atoms with Crippen LogP contribution in [0.4, 0.5) is 0 Å². The van der Waals surface area contributed by atoms with Crippen LogP contribution in [0, 0.1) is 10.8 Å². The van der Waals surface area contributed by atoms with Gasteiger partial charge in [0.25, 0.3) is 0 Å². The van der Waals surface area contributed by atoms with E-state index in [0.29, 0.717) is 6.10 Å². The van der Waals surface area contributed by atoms with Crippen molar-refractivity contribution >= 4 is 5.71 Å². The van der Waals surface area contributed by atoms with Crippen molar-refractivity contribution in [1.29, 1.82) is 5.41 Å². The highest BCUT2D eigenvalue weighted by Gasteiger charge is 2.15. The minimum Gasteiger partial charge on any atom is -0.379 e. The first-order valence-electron chi connectivity index (χ1n) is 6.03. The summed E-state index contributed by atoms with van der Waals surface area (Å²) in [6, 6.07) is 0. The lowest BCUT2D eigenvalue weighted by molar-refractivity contribution is 0.0758. The van der Waals surface area contributed by atoms with Crippen LogP contribution in [0.2, 0.25) is 0 Å². The smallest absolute Gasteiger partial charge is 0.0518 e. The molecule has 0 spiro atoms. The summed E-state index contributed by atoms with van der Waals surface area (Å²) in [6.07, 6.45) is 4.70. The molecule has 0 rings (SSSR count). The van der Waals surface area contributed by atoms with E-state index < -0.39 is 0 Å². The molecule has 1 N–H and O–H groups in total. The zero-order valence-corrected chi connectivity index (χ0v) is 11.0. The molecular weight excluding hydrogens is 186 g/mol. The number of ether oxygens (including phenoxy) is 1. The molecule has 0 aromatic carbocycles.